The van der Waals surface area contributed by atoms with Gasteiger partial charge in [0.25, 0.3) is 0 Å². The maximum absolute atomic E-state index is 12.6. The number of carbonyl (C=O) groups excluding carboxylic acids is 1. The number of rotatable bonds is 4. The number of allylic oxidation sites excluding steroid dienone is 3. The van der Waals surface area contributed by atoms with Crippen LogP contribution in [0, 0.1) is 0 Å². The van der Waals surface area contributed by atoms with E-state index >= 15 is 0 Å². The van der Waals surface area contributed by atoms with E-state index in [-0.39, 0.29) is 18.5 Å². The van der Waals surface area contributed by atoms with Crippen molar-refractivity contribution in [2.24, 2.45) is 0 Å². The molecule has 3 nitrogen and oxygen atoms in total. The number of halogens is 4. The van der Waals surface area contributed by atoms with Gasteiger partial charge >= 0.3 is 12.2 Å². The summed E-state index contributed by atoms with van der Waals surface area (Å²) in [5, 5.41) is 0. The first-order valence-electron chi connectivity index (χ1n) is 6.86. The van der Waals surface area contributed by atoms with Gasteiger partial charge in [0.15, 0.2) is 0 Å². The van der Waals surface area contributed by atoms with Crippen molar-refractivity contribution in [3.8, 4) is 0 Å². The lowest BCUT2D eigenvalue weighted by atomic mass is 9.97. The molecule has 1 heterocycles. The topological polar surface area (TPSA) is 23.6 Å². The third-order valence-electron chi connectivity index (χ3n) is 3.99. The van der Waals surface area contributed by atoms with Gasteiger partial charge in [-0.25, -0.2) is 4.79 Å². The maximum Gasteiger partial charge on any atom is 0.412 e. The minimum Gasteiger partial charge on any atom is -0.323 e. The number of urea groups is 1. The van der Waals surface area contributed by atoms with Crippen LogP contribution in [-0.4, -0.2) is 52.6 Å². The highest BCUT2D eigenvalue weighted by Gasteiger charge is 2.36. The quantitative estimate of drug-likeness (QED) is 0.508. The lowest BCUT2D eigenvalue weighted by Crippen LogP contribution is -2.32. The van der Waals surface area contributed by atoms with Gasteiger partial charge in [-0.2, -0.15) is 13.2 Å². The van der Waals surface area contributed by atoms with Gasteiger partial charge in [-0.05, 0) is 19.3 Å². The van der Waals surface area contributed by atoms with E-state index in [0.717, 1.165) is 22.5 Å². The summed E-state index contributed by atoms with van der Waals surface area (Å²) in [4.78, 5) is 15.6. The summed E-state index contributed by atoms with van der Waals surface area (Å²) in [6.07, 6.45) is -0.260. The van der Waals surface area contributed by atoms with Crippen molar-refractivity contribution in [1.82, 2.24) is 9.80 Å². The van der Waals surface area contributed by atoms with E-state index in [1.165, 1.54) is 6.08 Å². The highest BCUT2D eigenvalue weighted by molar-refractivity contribution is 14.1. The van der Waals surface area contributed by atoms with Crippen LogP contribution in [0.3, 0.4) is 0 Å². The van der Waals surface area contributed by atoms with Gasteiger partial charge in [0.1, 0.15) is 0 Å². The molecule has 0 aromatic carbocycles. The lowest BCUT2D eigenvalue weighted by Gasteiger charge is -2.21. The number of alkyl halides is 4. The van der Waals surface area contributed by atoms with E-state index in [4.69, 9.17) is 0 Å². The van der Waals surface area contributed by atoms with Crippen molar-refractivity contribution in [1.29, 1.82) is 0 Å². The zero-order chi connectivity index (χ0) is 15.6. The van der Waals surface area contributed by atoms with E-state index in [9.17, 15) is 18.0 Å². The fraction of sp³-hybridized carbons (Fsp3) is 0.643. The first-order valence-corrected chi connectivity index (χ1v) is 8.39. The molecule has 0 aromatic rings. The molecule has 0 unspecified atom stereocenters. The Morgan fingerprint density at radius 2 is 2.05 bits per heavy atom. The van der Waals surface area contributed by atoms with Gasteiger partial charge < -0.3 is 9.80 Å². The molecule has 0 bridgehead atoms. The van der Waals surface area contributed by atoms with Gasteiger partial charge in [0, 0.05) is 30.1 Å². The summed E-state index contributed by atoms with van der Waals surface area (Å²) in [5.74, 6) is 0. The maximum atomic E-state index is 12.6. The summed E-state index contributed by atoms with van der Waals surface area (Å²) in [6.45, 7) is 1.09. The second-order valence-electron chi connectivity index (χ2n) is 5.42. The van der Waals surface area contributed by atoms with Crippen molar-refractivity contribution < 1.29 is 18.0 Å². The minimum atomic E-state index is -4.24. The second kappa shape index (κ2) is 6.58. The summed E-state index contributed by atoms with van der Waals surface area (Å²) >= 11 is 2.28. The Kier molecular flexibility index (Phi) is 5.21. The summed E-state index contributed by atoms with van der Waals surface area (Å²) in [7, 11) is 1.79. The SMILES string of the molecule is CN1C(=O)N(CC2=CC=C(C(F)(F)F)CC2)C[C@@H]1CCI. The van der Waals surface area contributed by atoms with Crippen LogP contribution < -0.4 is 0 Å². The van der Waals surface area contributed by atoms with Crippen LogP contribution in [0.2, 0.25) is 0 Å². The number of carbonyl (C=O) groups is 1. The van der Waals surface area contributed by atoms with Gasteiger partial charge in [-0.3, -0.25) is 0 Å². The second-order valence-corrected chi connectivity index (χ2v) is 6.50. The van der Waals surface area contributed by atoms with Crippen molar-refractivity contribution in [2.45, 2.75) is 31.5 Å². The number of hydrogen-bond acceptors (Lipinski definition) is 1. The number of hydrogen-bond donors (Lipinski definition) is 0. The van der Waals surface area contributed by atoms with Crippen LogP contribution in [0.25, 0.3) is 0 Å². The molecule has 7 heteroatoms. The Morgan fingerprint density at radius 3 is 2.57 bits per heavy atom. The smallest absolute Gasteiger partial charge is 0.323 e. The predicted molar refractivity (Wildman–Crippen MR) is 83.5 cm³/mol. The fourth-order valence-corrected chi connectivity index (χ4v) is 3.39. The molecule has 1 aliphatic heterocycles. The van der Waals surface area contributed by atoms with Crippen molar-refractivity contribution in [3.63, 3.8) is 0 Å². The molecule has 1 atom stereocenters. The summed E-state index contributed by atoms with van der Waals surface area (Å²) in [6, 6.07) is 0.177. The average molecular weight is 414 g/mol. The minimum absolute atomic E-state index is 0.00435. The molecule has 0 radical (unpaired) electrons. The molecular formula is C14H18F3IN2O. The summed E-state index contributed by atoms with van der Waals surface area (Å²) < 4.78 is 38.6. The standard InChI is InChI=1S/C14H18F3IN2O/c1-19-12(6-7-18)9-20(13(19)21)8-10-2-4-11(5-3-10)14(15,16)17/h2,4,12H,3,5-9H2,1H3/t12-/m0/s1. The van der Waals surface area contributed by atoms with Gasteiger partial charge in [0.05, 0.1) is 6.04 Å². The fourth-order valence-electron chi connectivity index (χ4n) is 2.67. The van der Waals surface area contributed by atoms with Crippen LogP contribution in [-0.2, 0) is 0 Å². The van der Waals surface area contributed by atoms with Gasteiger partial charge in [-0.1, -0.05) is 40.3 Å². The Balaban J connectivity index is 1.99. The third kappa shape index (κ3) is 3.92. The van der Waals surface area contributed by atoms with Crippen LogP contribution in [0.15, 0.2) is 23.3 Å². The highest BCUT2D eigenvalue weighted by atomic mass is 127. The largest absolute Gasteiger partial charge is 0.412 e. The molecule has 2 aliphatic rings. The molecular weight excluding hydrogens is 396 g/mol. The monoisotopic (exact) mass is 414 g/mol. The van der Waals surface area contributed by atoms with Crippen molar-refractivity contribution in [2.75, 3.05) is 24.6 Å². The normalized spacial score (nSPS) is 23.5. The van der Waals surface area contributed by atoms with Crippen LogP contribution in [0.4, 0.5) is 18.0 Å². The molecule has 2 amide bonds. The molecule has 2 rings (SSSR count). The van der Waals surface area contributed by atoms with Crippen LogP contribution in [0.5, 0.6) is 0 Å². The predicted octanol–water partition coefficient (Wildman–Crippen LogP) is 3.76. The number of amides is 2. The van der Waals surface area contributed by atoms with Gasteiger partial charge in [-0.15, -0.1) is 0 Å². The van der Waals surface area contributed by atoms with Crippen molar-refractivity contribution >= 4 is 28.6 Å². The number of nitrogens with zero attached hydrogens (tertiary/aromatic N) is 2. The molecule has 0 N–H and O–H groups in total. The Labute approximate surface area is 136 Å². The lowest BCUT2D eigenvalue weighted by molar-refractivity contribution is -0.0941. The Morgan fingerprint density at radius 1 is 1.33 bits per heavy atom. The van der Waals surface area contributed by atoms with E-state index in [1.54, 1.807) is 16.8 Å². The first-order chi connectivity index (χ1) is 9.82. The highest BCUT2D eigenvalue weighted by Crippen LogP contribution is 2.33. The first kappa shape index (κ1) is 16.6. The Bertz CT molecular complexity index is 473. The Hall–Kier alpha value is -0.730. The third-order valence-corrected chi connectivity index (χ3v) is 4.61. The van der Waals surface area contributed by atoms with Crippen LogP contribution >= 0.6 is 22.6 Å². The molecule has 118 valence electrons. The van der Waals surface area contributed by atoms with Gasteiger partial charge in [0.2, 0.25) is 0 Å². The van der Waals surface area contributed by atoms with E-state index in [0.29, 0.717) is 19.5 Å². The molecule has 0 spiro atoms. The molecule has 1 fully saturated rings. The van der Waals surface area contributed by atoms with E-state index in [1.807, 2.05) is 0 Å². The number of likely N-dealkylation sites (N-methyl/N-ethyl adjacent to an activating group) is 1. The molecule has 0 aromatic heterocycles. The molecule has 0 saturated carbocycles. The van der Waals surface area contributed by atoms with E-state index < -0.39 is 11.7 Å². The molecule has 1 saturated heterocycles. The molecule has 1 aliphatic carbocycles. The zero-order valence-electron chi connectivity index (χ0n) is 11.8. The zero-order valence-corrected chi connectivity index (χ0v) is 13.9. The van der Waals surface area contributed by atoms with Crippen LogP contribution in [0.1, 0.15) is 19.3 Å². The summed E-state index contributed by atoms with van der Waals surface area (Å²) in [5.41, 5.74) is 0.402. The van der Waals surface area contributed by atoms with E-state index in [2.05, 4.69) is 22.6 Å². The average Bonchev–Trinajstić information content (AvgIpc) is 2.67. The molecule has 21 heavy (non-hydrogen) atoms. The van der Waals surface area contributed by atoms with Crippen molar-refractivity contribution in [3.05, 3.63) is 23.3 Å².